The molecule has 158 valence electrons. The van der Waals surface area contributed by atoms with Gasteiger partial charge in [-0.1, -0.05) is 42.5 Å². The second kappa shape index (κ2) is 7.19. The number of nitrogens with one attached hydrogen (secondary N) is 1. The number of rotatable bonds is 6. The Morgan fingerprint density at radius 1 is 1.23 bits per heavy atom. The first-order valence-corrected chi connectivity index (χ1v) is 10.2. The van der Waals surface area contributed by atoms with Gasteiger partial charge < -0.3 is 24.5 Å². The van der Waals surface area contributed by atoms with E-state index in [1.54, 1.807) is 7.11 Å². The molecule has 31 heavy (non-hydrogen) atoms. The number of anilines is 1. The molecule has 1 aliphatic carbocycles. The van der Waals surface area contributed by atoms with Crippen LogP contribution < -0.4 is 4.90 Å². The van der Waals surface area contributed by atoms with Crippen molar-refractivity contribution in [2.24, 2.45) is 0 Å². The molecule has 1 aliphatic heterocycles. The molecule has 7 heteroatoms. The summed E-state index contributed by atoms with van der Waals surface area (Å²) in [6.07, 6.45) is 2.25. The number of nitrogens with zero attached hydrogens (tertiary/aromatic N) is 2. The van der Waals surface area contributed by atoms with Gasteiger partial charge in [0.05, 0.1) is 23.7 Å². The number of benzene rings is 2. The summed E-state index contributed by atoms with van der Waals surface area (Å²) in [4.78, 5) is 22.0. The lowest BCUT2D eigenvalue weighted by atomic mass is 9.96. The van der Waals surface area contributed by atoms with Crippen LogP contribution >= 0.6 is 0 Å². The van der Waals surface area contributed by atoms with Gasteiger partial charge in [0.1, 0.15) is 12.6 Å². The molecule has 0 spiro atoms. The van der Waals surface area contributed by atoms with Gasteiger partial charge in [-0.2, -0.15) is 0 Å². The molecule has 0 bridgehead atoms. The second-order valence-corrected chi connectivity index (χ2v) is 7.95. The fourth-order valence-electron chi connectivity index (χ4n) is 4.57. The fraction of sp³-hybridized carbons (Fsp3) is 0.250. The standard InChI is InChI=1S/C24H23N3O4/c1-24-13-20(30-2)21(31-14-15-8-4-3-5-9-15)16(24)12-19(22(28)29)27(24)23-25-17-10-6-7-11-18(17)26-23/h3-11,13,19H,12,14H2,1-2H3,(H,25,26)(H,28,29). The van der Waals surface area contributed by atoms with Gasteiger partial charge in [0.2, 0.25) is 5.95 Å². The van der Waals surface area contributed by atoms with Crippen LogP contribution in [0.3, 0.4) is 0 Å². The zero-order valence-corrected chi connectivity index (χ0v) is 17.3. The third-order valence-corrected chi connectivity index (χ3v) is 6.07. The topological polar surface area (TPSA) is 87.7 Å². The van der Waals surface area contributed by atoms with Gasteiger partial charge in [-0.25, -0.2) is 9.78 Å². The highest BCUT2D eigenvalue weighted by molar-refractivity contribution is 5.85. The third-order valence-electron chi connectivity index (χ3n) is 6.07. The van der Waals surface area contributed by atoms with Gasteiger partial charge in [0.15, 0.2) is 11.5 Å². The van der Waals surface area contributed by atoms with Crippen molar-refractivity contribution in [1.82, 2.24) is 9.97 Å². The molecule has 7 nitrogen and oxygen atoms in total. The van der Waals surface area contributed by atoms with Gasteiger partial charge in [0, 0.05) is 12.0 Å². The lowest BCUT2D eigenvalue weighted by molar-refractivity contribution is -0.138. The van der Waals surface area contributed by atoms with Crippen LogP contribution in [0.4, 0.5) is 5.95 Å². The number of aliphatic carboxylic acids is 1. The Kier molecular flexibility index (Phi) is 4.46. The minimum absolute atomic E-state index is 0.316. The van der Waals surface area contributed by atoms with E-state index in [1.807, 2.05) is 72.5 Å². The molecular weight excluding hydrogens is 394 g/mol. The van der Waals surface area contributed by atoms with Crippen molar-refractivity contribution in [2.45, 2.75) is 31.5 Å². The molecule has 2 unspecified atom stereocenters. The zero-order valence-electron chi connectivity index (χ0n) is 17.3. The Morgan fingerprint density at radius 3 is 2.68 bits per heavy atom. The summed E-state index contributed by atoms with van der Waals surface area (Å²) < 4.78 is 11.8. The summed E-state index contributed by atoms with van der Waals surface area (Å²) in [5.74, 6) is 0.831. The normalized spacial score (nSPS) is 22.6. The number of aromatic nitrogens is 2. The van der Waals surface area contributed by atoms with E-state index < -0.39 is 17.6 Å². The predicted molar refractivity (Wildman–Crippen MR) is 116 cm³/mol. The Morgan fingerprint density at radius 2 is 1.97 bits per heavy atom. The number of hydrogen-bond acceptors (Lipinski definition) is 5. The van der Waals surface area contributed by atoms with Gasteiger partial charge in [0.25, 0.3) is 0 Å². The first-order valence-electron chi connectivity index (χ1n) is 10.2. The zero-order chi connectivity index (χ0) is 21.6. The number of carbonyl (C=O) groups is 1. The average Bonchev–Trinajstić information content (AvgIpc) is 3.40. The SMILES string of the molecule is COC1=CC2(C)C(=C1OCc1ccccc1)CC(C(=O)O)N2c1nc2ccccc2[nH]1. The first kappa shape index (κ1) is 19.2. The van der Waals surface area contributed by atoms with Crippen molar-refractivity contribution in [3.63, 3.8) is 0 Å². The van der Waals surface area contributed by atoms with E-state index in [0.717, 1.165) is 22.2 Å². The lowest BCUT2D eigenvalue weighted by Crippen LogP contribution is -2.47. The molecule has 1 fully saturated rings. The molecule has 0 radical (unpaired) electrons. The van der Waals surface area contributed by atoms with E-state index in [0.29, 0.717) is 30.5 Å². The Balaban J connectivity index is 1.57. The summed E-state index contributed by atoms with van der Waals surface area (Å²) in [6.45, 7) is 2.36. The van der Waals surface area contributed by atoms with Crippen molar-refractivity contribution >= 4 is 23.0 Å². The van der Waals surface area contributed by atoms with Crippen molar-refractivity contribution in [1.29, 1.82) is 0 Å². The molecule has 3 aromatic rings. The van der Waals surface area contributed by atoms with Gasteiger partial charge >= 0.3 is 5.97 Å². The number of H-pyrrole nitrogens is 1. The van der Waals surface area contributed by atoms with Crippen LogP contribution in [0.15, 0.2) is 77.8 Å². The number of carboxylic acid groups (broad SMARTS) is 1. The Labute approximate surface area is 179 Å². The highest BCUT2D eigenvalue weighted by atomic mass is 16.5. The van der Waals surface area contributed by atoms with Crippen LogP contribution in [0.1, 0.15) is 18.9 Å². The van der Waals surface area contributed by atoms with Crippen molar-refractivity contribution < 1.29 is 19.4 Å². The van der Waals surface area contributed by atoms with Crippen molar-refractivity contribution in [3.8, 4) is 0 Å². The lowest BCUT2D eigenvalue weighted by Gasteiger charge is -2.33. The fourth-order valence-corrected chi connectivity index (χ4v) is 4.57. The van der Waals surface area contributed by atoms with Crippen molar-refractivity contribution in [3.05, 3.63) is 83.3 Å². The molecule has 1 aromatic heterocycles. The number of hydrogen-bond donors (Lipinski definition) is 2. The van der Waals surface area contributed by atoms with Crippen molar-refractivity contribution in [2.75, 3.05) is 12.0 Å². The molecule has 2 aromatic carbocycles. The predicted octanol–water partition coefficient (Wildman–Crippen LogP) is 4.00. The average molecular weight is 417 g/mol. The van der Waals surface area contributed by atoms with E-state index in [9.17, 15) is 9.90 Å². The summed E-state index contributed by atoms with van der Waals surface area (Å²) in [5.41, 5.74) is 2.83. The molecule has 2 N–H and O–H groups in total. The summed E-state index contributed by atoms with van der Waals surface area (Å²) in [7, 11) is 1.60. The minimum atomic E-state index is -0.904. The Hall–Kier alpha value is -3.74. The first-order chi connectivity index (χ1) is 15.0. The maximum absolute atomic E-state index is 12.2. The number of imidazole rings is 1. The van der Waals surface area contributed by atoms with Gasteiger partial charge in [-0.05, 0) is 30.7 Å². The molecule has 2 atom stereocenters. The number of carboxylic acids is 1. The highest BCUT2D eigenvalue weighted by Gasteiger charge is 2.55. The largest absolute Gasteiger partial charge is 0.493 e. The summed E-state index contributed by atoms with van der Waals surface area (Å²) >= 11 is 0. The second-order valence-electron chi connectivity index (χ2n) is 7.95. The van der Waals surface area contributed by atoms with Gasteiger partial charge in [-0.15, -0.1) is 0 Å². The van der Waals surface area contributed by atoms with Crippen LogP contribution in [0.25, 0.3) is 11.0 Å². The van der Waals surface area contributed by atoms with Crippen LogP contribution in [0, 0.1) is 0 Å². The van der Waals surface area contributed by atoms with Crippen LogP contribution in [0.5, 0.6) is 0 Å². The molecule has 0 saturated carbocycles. The van der Waals surface area contributed by atoms with E-state index in [2.05, 4.69) is 9.97 Å². The number of ether oxygens (including phenoxy) is 2. The number of fused-ring (bicyclic) bond motifs is 2. The Bertz CT molecular complexity index is 1180. The smallest absolute Gasteiger partial charge is 0.326 e. The summed E-state index contributed by atoms with van der Waals surface area (Å²) in [6, 6.07) is 16.7. The molecule has 0 amide bonds. The maximum atomic E-state index is 12.2. The maximum Gasteiger partial charge on any atom is 0.326 e. The van der Waals surface area contributed by atoms with E-state index in [-0.39, 0.29) is 0 Å². The third kappa shape index (κ3) is 3.04. The van der Waals surface area contributed by atoms with Crippen LogP contribution in [0.2, 0.25) is 0 Å². The molecule has 2 heterocycles. The number of para-hydroxylation sites is 2. The molecule has 5 rings (SSSR count). The van der Waals surface area contributed by atoms with E-state index in [1.165, 1.54) is 0 Å². The summed E-state index contributed by atoms with van der Waals surface area (Å²) in [5, 5.41) is 10.0. The highest BCUT2D eigenvalue weighted by Crippen LogP contribution is 2.50. The number of aromatic amines is 1. The minimum Gasteiger partial charge on any atom is -0.493 e. The van der Waals surface area contributed by atoms with E-state index >= 15 is 0 Å². The quantitative estimate of drug-likeness (QED) is 0.630. The molecule has 2 aliphatic rings. The molecule has 1 saturated heterocycles. The van der Waals surface area contributed by atoms with Gasteiger partial charge in [-0.3, -0.25) is 0 Å². The van der Waals surface area contributed by atoms with Crippen LogP contribution in [-0.4, -0.2) is 39.7 Å². The molecular formula is C24H23N3O4. The van der Waals surface area contributed by atoms with E-state index in [4.69, 9.17) is 9.47 Å². The monoisotopic (exact) mass is 417 g/mol. The number of methoxy groups -OCH3 is 1. The van der Waals surface area contributed by atoms with Crippen LogP contribution in [-0.2, 0) is 20.9 Å².